The second-order valence-electron chi connectivity index (χ2n) is 5.04. The number of hydrogen-bond acceptors (Lipinski definition) is 3. The second-order valence-corrected chi connectivity index (χ2v) is 5.04. The first-order chi connectivity index (χ1) is 7.67. The first-order valence-electron chi connectivity index (χ1n) is 5.76. The lowest BCUT2D eigenvalue weighted by atomic mass is 9.64. The van der Waals surface area contributed by atoms with Crippen LogP contribution < -0.4 is 0 Å². The predicted octanol–water partition coefficient (Wildman–Crippen LogP) is 1.70. The van der Waals surface area contributed by atoms with Gasteiger partial charge in [-0.2, -0.15) is 0 Å². The van der Waals surface area contributed by atoms with Crippen LogP contribution in [0.3, 0.4) is 0 Å². The van der Waals surface area contributed by atoms with Gasteiger partial charge in [-0.15, -0.1) is 0 Å². The minimum absolute atomic E-state index is 0.0677. The van der Waals surface area contributed by atoms with Gasteiger partial charge in [0.25, 0.3) is 0 Å². The average Bonchev–Trinajstić information content (AvgIpc) is 2.80. The molecular weight excluding hydrogens is 204 g/mol. The Hall–Kier alpha value is -1.09. The Balaban J connectivity index is 2.02. The summed E-state index contributed by atoms with van der Waals surface area (Å²) in [6.45, 7) is 3.02. The van der Waals surface area contributed by atoms with E-state index >= 15 is 0 Å². The number of carbonyl (C=O) groups excluding carboxylic acids is 1. The van der Waals surface area contributed by atoms with Gasteiger partial charge < -0.3 is 9.47 Å². The maximum Gasteiger partial charge on any atom is 0.334 e. The molecule has 0 saturated carbocycles. The van der Waals surface area contributed by atoms with Gasteiger partial charge in [-0.05, 0) is 6.42 Å². The average molecular weight is 220 g/mol. The van der Waals surface area contributed by atoms with Crippen LogP contribution >= 0.6 is 0 Å². The molecule has 2 aliphatic carbocycles. The Morgan fingerprint density at radius 2 is 2.38 bits per heavy atom. The van der Waals surface area contributed by atoms with E-state index in [0.29, 0.717) is 5.92 Å². The van der Waals surface area contributed by atoms with E-state index in [2.05, 4.69) is 19.1 Å². The van der Waals surface area contributed by atoms with Crippen LogP contribution in [0.25, 0.3) is 0 Å². The van der Waals surface area contributed by atoms with Gasteiger partial charge in [0.15, 0.2) is 0 Å². The van der Waals surface area contributed by atoms with E-state index in [-0.39, 0.29) is 23.4 Å². The third kappa shape index (κ3) is 1.04. The highest BCUT2D eigenvalue weighted by molar-refractivity contribution is 5.90. The topological polar surface area (TPSA) is 35.5 Å². The van der Waals surface area contributed by atoms with E-state index in [1.165, 1.54) is 7.11 Å². The molecule has 16 heavy (non-hydrogen) atoms. The van der Waals surface area contributed by atoms with Gasteiger partial charge in [0.1, 0.15) is 0 Å². The highest BCUT2D eigenvalue weighted by Gasteiger charge is 2.57. The standard InChI is InChI=1S/C13H16O3/c1-13-8-3-5-10(13)9(12(14)15-2)4-6-11(13)16-7-8/h3-5,8,10-11H,6-7H2,1-2H3. The molecule has 1 saturated heterocycles. The van der Waals surface area contributed by atoms with E-state index in [1.807, 2.05) is 6.08 Å². The fourth-order valence-corrected chi connectivity index (χ4v) is 3.41. The van der Waals surface area contributed by atoms with Crippen LogP contribution in [-0.2, 0) is 14.3 Å². The monoisotopic (exact) mass is 220 g/mol. The summed E-state index contributed by atoms with van der Waals surface area (Å²) in [5.41, 5.74) is 0.878. The normalized spacial score (nSPS) is 44.1. The zero-order valence-electron chi connectivity index (χ0n) is 9.60. The molecule has 1 heterocycles. The van der Waals surface area contributed by atoms with E-state index in [9.17, 15) is 4.79 Å². The van der Waals surface area contributed by atoms with Crippen LogP contribution in [0.2, 0.25) is 0 Å². The van der Waals surface area contributed by atoms with Gasteiger partial charge in [0, 0.05) is 22.8 Å². The Kier molecular flexibility index (Phi) is 2.02. The van der Waals surface area contributed by atoms with Crippen molar-refractivity contribution >= 4 is 5.97 Å². The van der Waals surface area contributed by atoms with E-state index in [4.69, 9.17) is 9.47 Å². The third-order valence-corrected chi connectivity index (χ3v) is 4.48. The number of ether oxygens (including phenoxy) is 2. The zero-order chi connectivity index (χ0) is 11.3. The van der Waals surface area contributed by atoms with Crippen molar-refractivity contribution in [2.45, 2.75) is 19.4 Å². The quantitative estimate of drug-likeness (QED) is 0.498. The molecule has 3 aliphatic rings. The molecule has 0 amide bonds. The summed E-state index contributed by atoms with van der Waals surface area (Å²) in [5, 5.41) is 0. The van der Waals surface area contributed by atoms with Crippen molar-refractivity contribution in [3.8, 4) is 0 Å². The van der Waals surface area contributed by atoms with E-state index in [1.54, 1.807) is 0 Å². The van der Waals surface area contributed by atoms with Gasteiger partial charge in [0.05, 0.1) is 19.8 Å². The zero-order valence-corrected chi connectivity index (χ0v) is 9.60. The van der Waals surface area contributed by atoms with Gasteiger partial charge in [-0.3, -0.25) is 0 Å². The summed E-state index contributed by atoms with van der Waals surface area (Å²) >= 11 is 0. The highest BCUT2D eigenvalue weighted by Crippen LogP contribution is 2.56. The molecule has 0 aromatic rings. The fourth-order valence-electron chi connectivity index (χ4n) is 3.41. The van der Waals surface area contributed by atoms with Crippen molar-refractivity contribution in [1.29, 1.82) is 0 Å². The molecule has 0 bridgehead atoms. The van der Waals surface area contributed by atoms with Crippen LogP contribution in [-0.4, -0.2) is 25.8 Å². The summed E-state index contributed by atoms with van der Waals surface area (Å²) < 4.78 is 10.7. The number of esters is 1. The molecule has 1 aliphatic heterocycles. The molecule has 86 valence electrons. The van der Waals surface area contributed by atoms with Gasteiger partial charge in [-0.25, -0.2) is 4.79 Å². The molecule has 0 aromatic carbocycles. The Morgan fingerprint density at radius 1 is 1.56 bits per heavy atom. The predicted molar refractivity (Wildman–Crippen MR) is 58.7 cm³/mol. The molecule has 4 atom stereocenters. The van der Waals surface area contributed by atoms with Crippen LogP contribution in [0.5, 0.6) is 0 Å². The first-order valence-corrected chi connectivity index (χ1v) is 5.76. The Labute approximate surface area is 95.1 Å². The number of rotatable bonds is 1. The van der Waals surface area contributed by atoms with Crippen LogP contribution in [0.1, 0.15) is 13.3 Å². The summed E-state index contributed by atoms with van der Waals surface area (Å²) in [7, 11) is 1.44. The molecule has 0 radical (unpaired) electrons. The molecule has 0 aromatic heterocycles. The Bertz CT molecular complexity index is 396. The first kappa shape index (κ1) is 10.1. The van der Waals surface area contributed by atoms with Crippen molar-refractivity contribution in [3.05, 3.63) is 23.8 Å². The second kappa shape index (κ2) is 3.20. The number of allylic oxidation sites excluding steroid dienone is 1. The van der Waals surface area contributed by atoms with Crippen molar-refractivity contribution in [2.24, 2.45) is 17.3 Å². The molecular formula is C13H16O3. The van der Waals surface area contributed by atoms with E-state index < -0.39 is 0 Å². The fraction of sp³-hybridized carbons (Fsp3) is 0.615. The molecule has 3 rings (SSSR count). The van der Waals surface area contributed by atoms with Crippen LogP contribution in [0, 0.1) is 17.3 Å². The SMILES string of the molecule is COC(=O)C1=CCC2OCC3C=CC1C32C. The maximum atomic E-state index is 11.7. The van der Waals surface area contributed by atoms with Crippen LogP contribution in [0.15, 0.2) is 23.8 Å². The maximum absolute atomic E-state index is 11.7. The van der Waals surface area contributed by atoms with Crippen molar-refractivity contribution in [2.75, 3.05) is 13.7 Å². The number of hydrogen-bond donors (Lipinski definition) is 0. The van der Waals surface area contributed by atoms with Crippen LogP contribution in [0.4, 0.5) is 0 Å². The van der Waals surface area contributed by atoms with Crippen molar-refractivity contribution in [3.63, 3.8) is 0 Å². The lowest BCUT2D eigenvalue weighted by molar-refractivity contribution is -0.137. The largest absolute Gasteiger partial charge is 0.466 e. The molecule has 3 heteroatoms. The molecule has 3 nitrogen and oxygen atoms in total. The molecule has 0 N–H and O–H groups in total. The minimum atomic E-state index is -0.193. The third-order valence-electron chi connectivity index (χ3n) is 4.48. The summed E-state index contributed by atoms with van der Waals surface area (Å²) in [6, 6.07) is 0. The summed E-state index contributed by atoms with van der Waals surface area (Å²) in [5.74, 6) is 0.434. The van der Waals surface area contributed by atoms with Crippen molar-refractivity contribution < 1.29 is 14.3 Å². The lowest BCUT2D eigenvalue weighted by Gasteiger charge is -2.39. The number of carbonyl (C=O) groups is 1. The Morgan fingerprint density at radius 3 is 3.12 bits per heavy atom. The highest BCUT2D eigenvalue weighted by atomic mass is 16.5. The summed E-state index contributed by atoms with van der Waals surface area (Å²) in [4.78, 5) is 11.7. The van der Waals surface area contributed by atoms with Gasteiger partial charge in [0.2, 0.25) is 0 Å². The molecule has 4 unspecified atom stereocenters. The lowest BCUT2D eigenvalue weighted by Crippen LogP contribution is -2.41. The van der Waals surface area contributed by atoms with E-state index in [0.717, 1.165) is 18.6 Å². The summed E-state index contributed by atoms with van der Waals surface area (Å²) in [6.07, 6.45) is 7.43. The van der Waals surface area contributed by atoms with Crippen molar-refractivity contribution in [1.82, 2.24) is 0 Å². The van der Waals surface area contributed by atoms with Gasteiger partial charge in [-0.1, -0.05) is 25.2 Å². The minimum Gasteiger partial charge on any atom is -0.466 e. The smallest absolute Gasteiger partial charge is 0.334 e. The molecule has 0 spiro atoms. The van der Waals surface area contributed by atoms with Gasteiger partial charge >= 0.3 is 5.97 Å². The number of methoxy groups -OCH3 is 1. The molecule has 1 fully saturated rings.